The van der Waals surface area contributed by atoms with Gasteiger partial charge in [0.2, 0.25) is 0 Å². The Morgan fingerprint density at radius 1 is 0.933 bits per heavy atom. The third kappa shape index (κ3) is 13.8. The van der Waals surface area contributed by atoms with Crippen LogP contribution in [0.1, 0.15) is 25.7 Å². The zero-order chi connectivity index (χ0) is 11.2. The van der Waals surface area contributed by atoms with E-state index in [4.69, 9.17) is 14.6 Å². The van der Waals surface area contributed by atoms with Gasteiger partial charge in [-0.2, -0.15) is 0 Å². The minimum Gasteiger partial charge on any atom is -0.396 e. The number of aliphatic hydroxyl groups excluding tert-OH is 1. The van der Waals surface area contributed by atoms with Gasteiger partial charge >= 0.3 is 0 Å². The Hall–Kier alpha value is -0.160. The van der Waals surface area contributed by atoms with Crippen LogP contribution in [-0.2, 0) is 9.47 Å². The summed E-state index contributed by atoms with van der Waals surface area (Å²) in [6.45, 7) is 4.54. The summed E-state index contributed by atoms with van der Waals surface area (Å²) in [6.07, 6.45) is 4.19. The lowest BCUT2D eigenvalue weighted by molar-refractivity contribution is 0.0688. The molecule has 2 N–H and O–H groups in total. The summed E-state index contributed by atoms with van der Waals surface area (Å²) in [4.78, 5) is 0. The predicted octanol–water partition coefficient (Wildman–Crippen LogP) is 0.792. The van der Waals surface area contributed by atoms with Crippen LogP contribution < -0.4 is 5.32 Å². The molecule has 0 aliphatic carbocycles. The molecule has 0 aromatic heterocycles. The van der Waals surface area contributed by atoms with Crippen molar-refractivity contribution in [3.05, 3.63) is 0 Å². The lowest BCUT2D eigenvalue weighted by Gasteiger charge is -2.05. The minimum absolute atomic E-state index is 0.301. The van der Waals surface area contributed by atoms with E-state index in [1.807, 2.05) is 0 Å². The van der Waals surface area contributed by atoms with E-state index in [9.17, 15) is 0 Å². The molecule has 0 aromatic rings. The van der Waals surface area contributed by atoms with E-state index in [1.165, 1.54) is 0 Å². The molecule has 15 heavy (non-hydrogen) atoms. The van der Waals surface area contributed by atoms with Gasteiger partial charge in [0.15, 0.2) is 0 Å². The van der Waals surface area contributed by atoms with E-state index in [2.05, 4.69) is 5.32 Å². The van der Waals surface area contributed by atoms with Crippen LogP contribution in [0.2, 0.25) is 0 Å². The summed E-state index contributed by atoms with van der Waals surface area (Å²) in [5, 5.41) is 11.9. The highest BCUT2D eigenvalue weighted by Crippen LogP contribution is 1.90. The molecule has 0 spiro atoms. The third-order valence-electron chi connectivity index (χ3n) is 2.09. The second-order valence-electron chi connectivity index (χ2n) is 3.49. The van der Waals surface area contributed by atoms with Crippen LogP contribution >= 0.6 is 0 Å². The SMILES string of the molecule is COCCOCCCCNCCCCO. The molecule has 92 valence electrons. The van der Waals surface area contributed by atoms with E-state index in [1.54, 1.807) is 7.11 Å². The molecule has 0 radical (unpaired) electrons. The molecule has 4 nitrogen and oxygen atoms in total. The van der Waals surface area contributed by atoms with Crippen LogP contribution in [0.15, 0.2) is 0 Å². The molecular formula is C11H25NO3. The summed E-state index contributed by atoms with van der Waals surface area (Å²) >= 11 is 0. The largest absolute Gasteiger partial charge is 0.396 e. The number of ether oxygens (including phenoxy) is 2. The molecule has 0 aliphatic rings. The zero-order valence-corrected chi connectivity index (χ0v) is 9.83. The first-order valence-electron chi connectivity index (χ1n) is 5.80. The average Bonchev–Trinajstić information content (AvgIpc) is 2.26. The van der Waals surface area contributed by atoms with Gasteiger partial charge in [-0.25, -0.2) is 0 Å². The first-order chi connectivity index (χ1) is 7.41. The normalized spacial score (nSPS) is 10.8. The molecule has 0 amide bonds. The lowest BCUT2D eigenvalue weighted by Crippen LogP contribution is -2.17. The molecule has 0 unspecified atom stereocenters. The Labute approximate surface area is 93.0 Å². The Morgan fingerprint density at radius 2 is 1.67 bits per heavy atom. The van der Waals surface area contributed by atoms with Gasteiger partial charge in [-0.1, -0.05) is 0 Å². The van der Waals surface area contributed by atoms with Crippen LogP contribution in [-0.4, -0.2) is 51.7 Å². The molecule has 0 aromatic carbocycles. The molecule has 4 heteroatoms. The Morgan fingerprint density at radius 3 is 2.33 bits per heavy atom. The summed E-state index contributed by atoms with van der Waals surface area (Å²) in [6, 6.07) is 0. The first-order valence-corrected chi connectivity index (χ1v) is 5.80. The van der Waals surface area contributed by atoms with Crippen molar-refractivity contribution < 1.29 is 14.6 Å². The fourth-order valence-corrected chi connectivity index (χ4v) is 1.19. The topological polar surface area (TPSA) is 50.7 Å². The van der Waals surface area contributed by atoms with Gasteiger partial charge in [-0.3, -0.25) is 0 Å². The lowest BCUT2D eigenvalue weighted by atomic mass is 10.3. The van der Waals surface area contributed by atoms with Gasteiger partial charge in [0.1, 0.15) is 0 Å². The van der Waals surface area contributed by atoms with E-state index in [0.29, 0.717) is 19.8 Å². The summed E-state index contributed by atoms with van der Waals surface area (Å²) in [5.41, 5.74) is 0. The highest BCUT2D eigenvalue weighted by Gasteiger charge is 1.91. The van der Waals surface area contributed by atoms with Gasteiger partial charge in [0, 0.05) is 20.3 Å². The van der Waals surface area contributed by atoms with Gasteiger partial charge in [-0.05, 0) is 38.8 Å². The number of hydrogen-bond donors (Lipinski definition) is 2. The zero-order valence-electron chi connectivity index (χ0n) is 9.83. The Kier molecular flexibility index (Phi) is 13.7. The quantitative estimate of drug-likeness (QED) is 0.477. The molecule has 0 bridgehead atoms. The molecular weight excluding hydrogens is 194 g/mol. The second kappa shape index (κ2) is 13.8. The summed E-state index contributed by atoms with van der Waals surface area (Å²) < 4.78 is 10.2. The van der Waals surface area contributed by atoms with Crippen molar-refractivity contribution in [3.8, 4) is 0 Å². The van der Waals surface area contributed by atoms with Crippen LogP contribution in [0.3, 0.4) is 0 Å². The van der Waals surface area contributed by atoms with Crippen molar-refractivity contribution in [1.29, 1.82) is 0 Å². The minimum atomic E-state index is 0.301. The van der Waals surface area contributed by atoms with Crippen molar-refractivity contribution in [2.45, 2.75) is 25.7 Å². The van der Waals surface area contributed by atoms with Crippen LogP contribution in [0, 0.1) is 0 Å². The van der Waals surface area contributed by atoms with Gasteiger partial charge in [0.25, 0.3) is 0 Å². The highest BCUT2D eigenvalue weighted by atomic mass is 16.5. The summed E-state index contributed by atoms with van der Waals surface area (Å²) in [5.74, 6) is 0. The third-order valence-corrected chi connectivity index (χ3v) is 2.09. The van der Waals surface area contributed by atoms with E-state index in [-0.39, 0.29) is 0 Å². The molecule has 0 heterocycles. The molecule has 0 saturated heterocycles. The molecule has 0 atom stereocenters. The summed E-state index contributed by atoms with van der Waals surface area (Å²) in [7, 11) is 1.68. The fraction of sp³-hybridized carbons (Fsp3) is 1.00. The van der Waals surface area contributed by atoms with E-state index >= 15 is 0 Å². The first kappa shape index (κ1) is 14.8. The number of unbranched alkanes of at least 4 members (excludes halogenated alkanes) is 2. The second-order valence-corrected chi connectivity index (χ2v) is 3.49. The van der Waals surface area contributed by atoms with E-state index < -0.39 is 0 Å². The fourth-order valence-electron chi connectivity index (χ4n) is 1.19. The van der Waals surface area contributed by atoms with Crippen LogP contribution in [0.25, 0.3) is 0 Å². The maximum absolute atomic E-state index is 8.56. The van der Waals surface area contributed by atoms with E-state index in [0.717, 1.165) is 45.4 Å². The van der Waals surface area contributed by atoms with Gasteiger partial charge in [-0.15, -0.1) is 0 Å². The number of methoxy groups -OCH3 is 1. The maximum Gasteiger partial charge on any atom is 0.0700 e. The number of hydrogen-bond acceptors (Lipinski definition) is 4. The highest BCUT2D eigenvalue weighted by molar-refractivity contribution is 4.48. The predicted molar refractivity (Wildman–Crippen MR) is 61.1 cm³/mol. The Balaban J connectivity index is 2.81. The number of rotatable bonds is 12. The van der Waals surface area contributed by atoms with Gasteiger partial charge < -0.3 is 19.9 Å². The smallest absolute Gasteiger partial charge is 0.0700 e. The Bertz CT molecular complexity index is 100. The van der Waals surface area contributed by atoms with Crippen molar-refractivity contribution in [2.24, 2.45) is 0 Å². The van der Waals surface area contributed by atoms with Gasteiger partial charge in [0.05, 0.1) is 13.2 Å². The maximum atomic E-state index is 8.56. The van der Waals surface area contributed by atoms with Crippen LogP contribution in [0.5, 0.6) is 0 Å². The molecule has 0 saturated carbocycles. The number of aliphatic hydroxyl groups is 1. The standard InChI is InChI=1S/C11H25NO3/c1-14-10-11-15-9-5-3-7-12-6-2-4-8-13/h12-13H,2-11H2,1H3. The van der Waals surface area contributed by atoms with Crippen molar-refractivity contribution in [3.63, 3.8) is 0 Å². The van der Waals surface area contributed by atoms with Crippen molar-refractivity contribution in [1.82, 2.24) is 5.32 Å². The average molecular weight is 219 g/mol. The molecule has 0 fully saturated rings. The molecule has 0 aliphatic heterocycles. The van der Waals surface area contributed by atoms with Crippen molar-refractivity contribution >= 4 is 0 Å². The number of nitrogens with one attached hydrogen (secondary N) is 1. The monoisotopic (exact) mass is 219 g/mol. The van der Waals surface area contributed by atoms with Crippen LogP contribution in [0.4, 0.5) is 0 Å². The molecule has 0 rings (SSSR count). The van der Waals surface area contributed by atoms with Crippen molar-refractivity contribution in [2.75, 3.05) is 46.6 Å².